The first-order chi connectivity index (χ1) is 12.7. The Hall–Kier alpha value is -0.880. The van der Waals surface area contributed by atoms with Crippen molar-refractivity contribution in [1.82, 2.24) is 10.2 Å². The number of piperidine rings is 3. The second kappa shape index (κ2) is 8.42. The van der Waals surface area contributed by atoms with Crippen LogP contribution in [0.15, 0.2) is 51.4 Å². The van der Waals surface area contributed by atoms with Gasteiger partial charge >= 0.3 is 0 Å². The summed E-state index contributed by atoms with van der Waals surface area (Å²) in [6.07, 6.45) is 2.69. The van der Waals surface area contributed by atoms with E-state index >= 15 is 0 Å². The van der Waals surface area contributed by atoms with Crippen molar-refractivity contribution in [3.63, 3.8) is 0 Å². The molecule has 2 bridgehead atoms. The fourth-order valence-corrected chi connectivity index (χ4v) is 5.54. The van der Waals surface area contributed by atoms with Gasteiger partial charge in [-0.05, 0) is 87.0 Å². The number of ether oxygens (including phenoxy) is 1. The van der Waals surface area contributed by atoms with Gasteiger partial charge in [-0.15, -0.1) is 0 Å². The van der Waals surface area contributed by atoms with E-state index in [4.69, 9.17) is 4.74 Å². The fraction of sp³-hybridized carbons (Fsp3) is 0.429. The zero-order chi connectivity index (χ0) is 17.9. The normalized spacial score (nSPS) is 24.6. The summed E-state index contributed by atoms with van der Waals surface area (Å²) < 4.78 is 8.01. The molecule has 3 saturated heterocycles. The van der Waals surface area contributed by atoms with E-state index in [1.54, 1.807) is 0 Å². The molecule has 3 aliphatic heterocycles. The maximum Gasteiger partial charge on any atom is 0.148 e. The molecule has 0 saturated carbocycles. The highest BCUT2D eigenvalue weighted by Crippen LogP contribution is 2.35. The minimum Gasteiger partial charge on any atom is -0.487 e. The van der Waals surface area contributed by atoms with Gasteiger partial charge in [0.05, 0.1) is 8.95 Å². The summed E-state index contributed by atoms with van der Waals surface area (Å²) in [6, 6.07) is 15.2. The molecule has 2 aromatic carbocycles. The van der Waals surface area contributed by atoms with Crippen molar-refractivity contribution >= 4 is 31.9 Å². The standard InChI is InChI=1S/C21H24Br2N2O/c22-18-10-16(12-24-20-13-25-8-6-17(20)7-9-25)11-19(23)21(18)26-14-15-4-2-1-3-5-15/h1-5,10-11,17,20,24H,6-9,12-14H2. The van der Waals surface area contributed by atoms with E-state index in [-0.39, 0.29) is 0 Å². The van der Waals surface area contributed by atoms with Gasteiger partial charge in [0.15, 0.2) is 0 Å². The molecule has 0 aromatic heterocycles. The molecule has 26 heavy (non-hydrogen) atoms. The van der Waals surface area contributed by atoms with E-state index in [1.165, 1.54) is 43.6 Å². The molecule has 1 unspecified atom stereocenters. The molecule has 5 heteroatoms. The van der Waals surface area contributed by atoms with E-state index in [0.29, 0.717) is 12.6 Å². The Morgan fingerprint density at radius 2 is 1.69 bits per heavy atom. The van der Waals surface area contributed by atoms with Crippen molar-refractivity contribution in [2.24, 2.45) is 5.92 Å². The summed E-state index contributed by atoms with van der Waals surface area (Å²) in [5, 5.41) is 3.78. The zero-order valence-electron chi connectivity index (χ0n) is 14.8. The lowest BCUT2D eigenvalue weighted by Gasteiger charge is -2.45. The van der Waals surface area contributed by atoms with Crippen LogP contribution in [0.3, 0.4) is 0 Å². The molecule has 1 atom stereocenters. The molecule has 0 radical (unpaired) electrons. The number of rotatable bonds is 6. The highest BCUT2D eigenvalue weighted by molar-refractivity contribution is 9.11. The van der Waals surface area contributed by atoms with Gasteiger partial charge in [0.25, 0.3) is 0 Å². The number of hydrogen-bond donors (Lipinski definition) is 1. The third-order valence-corrected chi connectivity index (χ3v) is 6.69. The number of hydrogen-bond acceptors (Lipinski definition) is 3. The van der Waals surface area contributed by atoms with Gasteiger partial charge in [0.1, 0.15) is 12.4 Å². The van der Waals surface area contributed by atoms with E-state index < -0.39 is 0 Å². The minimum atomic E-state index is 0.565. The largest absolute Gasteiger partial charge is 0.487 e. The van der Waals surface area contributed by atoms with Crippen molar-refractivity contribution in [2.45, 2.75) is 32.0 Å². The van der Waals surface area contributed by atoms with Gasteiger partial charge in [-0.2, -0.15) is 0 Å². The Kier molecular flexibility index (Phi) is 5.99. The minimum absolute atomic E-state index is 0.565. The van der Waals surface area contributed by atoms with Gasteiger partial charge in [-0.3, -0.25) is 0 Å². The predicted molar refractivity (Wildman–Crippen MR) is 112 cm³/mol. The topological polar surface area (TPSA) is 24.5 Å². The van der Waals surface area contributed by atoms with Crippen molar-refractivity contribution < 1.29 is 4.74 Å². The van der Waals surface area contributed by atoms with Crippen molar-refractivity contribution in [1.29, 1.82) is 0 Å². The molecule has 5 rings (SSSR count). The summed E-state index contributed by atoms with van der Waals surface area (Å²) in [6.45, 7) is 5.23. The molecule has 138 valence electrons. The molecule has 3 heterocycles. The van der Waals surface area contributed by atoms with Crippen molar-refractivity contribution in [2.75, 3.05) is 19.6 Å². The summed E-state index contributed by atoms with van der Waals surface area (Å²) in [7, 11) is 0. The highest BCUT2D eigenvalue weighted by atomic mass is 79.9. The number of nitrogens with one attached hydrogen (secondary N) is 1. The Bertz CT molecular complexity index is 722. The maximum absolute atomic E-state index is 6.02. The Labute approximate surface area is 172 Å². The Morgan fingerprint density at radius 1 is 1.00 bits per heavy atom. The van der Waals surface area contributed by atoms with Gasteiger partial charge < -0.3 is 15.0 Å². The first-order valence-electron chi connectivity index (χ1n) is 9.29. The monoisotopic (exact) mass is 478 g/mol. The Morgan fingerprint density at radius 3 is 2.31 bits per heavy atom. The third kappa shape index (κ3) is 4.33. The summed E-state index contributed by atoms with van der Waals surface area (Å²) in [4.78, 5) is 2.59. The molecule has 0 amide bonds. The average molecular weight is 480 g/mol. The van der Waals surface area contributed by atoms with Gasteiger partial charge in [0.2, 0.25) is 0 Å². The Balaban J connectivity index is 1.37. The van der Waals surface area contributed by atoms with Crippen LogP contribution < -0.4 is 10.1 Å². The lowest BCUT2D eigenvalue weighted by atomic mass is 9.84. The lowest BCUT2D eigenvalue weighted by molar-refractivity contribution is 0.0720. The van der Waals surface area contributed by atoms with Crippen molar-refractivity contribution in [3.8, 4) is 5.75 Å². The van der Waals surface area contributed by atoms with Crippen LogP contribution >= 0.6 is 31.9 Å². The molecular weight excluding hydrogens is 456 g/mol. The second-order valence-electron chi connectivity index (χ2n) is 7.29. The van der Waals surface area contributed by atoms with Crippen LogP contribution in [0.2, 0.25) is 0 Å². The first-order valence-corrected chi connectivity index (χ1v) is 10.9. The van der Waals surface area contributed by atoms with Gasteiger partial charge in [-0.1, -0.05) is 30.3 Å². The molecule has 3 aliphatic rings. The smallest absolute Gasteiger partial charge is 0.148 e. The average Bonchev–Trinajstić information content (AvgIpc) is 2.67. The molecule has 3 fully saturated rings. The van der Waals surface area contributed by atoms with Crippen LogP contribution in [0.5, 0.6) is 5.75 Å². The van der Waals surface area contributed by atoms with E-state index in [0.717, 1.165) is 27.2 Å². The van der Waals surface area contributed by atoms with Crippen LogP contribution in [0, 0.1) is 5.92 Å². The first kappa shape index (κ1) is 18.5. The van der Waals surface area contributed by atoms with Crippen LogP contribution in [-0.2, 0) is 13.2 Å². The molecule has 0 spiro atoms. The lowest BCUT2D eigenvalue weighted by Crippen LogP contribution is -2.55. The van der Waals surface area contributed by atoms with Crippen LogP contribution in [0.4, 0.5) is 0 Å². The number of fused-ring (bicyclic) bond motifs is 3. The second-order valence-corrected chi connectivity index (χ2v) is 9.00. The fourth-order valence-electron chi connectivity index (χ4n) is 4.03. The van der Waals surface area contributed by atoms with E-state index in [9.17, 15) is 0 Å². The molecule has 0 aliphatic carbocycles. The SMILES string of the molecule is Brc1cc(CNC2CN3CCC2CC3)cc(Br)c1OCc1ccccc1. The van der Waals surface area contributed by atoms with Crippen molar-refractivity contribution in [3.05, 3.63) is 62.5 Å². The van der Waals surface area contributed by atoms with E-state index in [2.05, 4.69) is 66.3 Å². The number of halogens is 2. The zero-order valence-corrected chi connectivity index (χ0v) is 17.9. The number of benzene rings is 2. The quantitative estimate of drug-likeness (QED) is 0.632. The van der Waals surface area contributed by atoms with Gasteiger partial charge in [0, 0.05) is 19.1 Å². The van der Waals surface area contributed by atoms with Crippen LogP contribution in [0.1, 0.15) is 24.0 Å². The summed E-state index contributed by atoms with van der Waals surface area (Å²) in [5.41, 5.74) is 2.44. The third-order valence-electron chi connectivity index (χ3n) is 5.51. The molecule has 3 nitrogen and oxygen atoms in total. The van der Waals surface area contributed by atoms with E-state index in [1.807, 2.05) is 18.2 Å². The summed E-state index contributed by atoms with van der Waals surface area (Å²) >= 11 is 7.36. The highest BCUT2D eigenvalue weighted by Gasteiger charge is 2.33. The maximum atomic E-state index is 6.02. The van der Waals surface area contributed by atoms with Gasteiger partial charge in [-0.25, -0.2) is 0 Å². The van der Waals surface area contributed by atoms with Crippen LogP contribution in [-0.4, -0.2) is 30.6 Å². The molecular formula is C21H24Br2N2O. The molecule has 1 N–H and O–H groups in total. The van der Waals surface area contributed by atoms with Crippen LogP contribution in [0.25, 0.3) is 0 Å². The summed E-state index contributed by atoms with van der Waals surface area (Å²) in [5.74, 6) is 1.71. The molecule has 2 aromatic rings. The number of nitrogens with zero attached hydrogens (tertiary/aromatic N) is 1. The predicted octanol–water partition coefficient (Wildman–Crippen LogP) is 4.97.